The van der Waals surface area contributed by atoms with Crippen LogP contribution in [0.2, 0.25) is 0 Å². The monoisotopic (exact) mass is 343 g/mol. The zero-order valence-corrected chi connectivity index (χ0v) is 15.9. The second kappa shape index (κ2) is 8.65. The molecule has 0 aliphatic heterocycles. The molecule has 0 spiro atoms. The third-order valence-corrected chi connectivity index (χ3v) is 3.82. The minimum atomic E-state index is 0.190. The number of guanidine groups is 1. The zero-order chi connectivity index (χ0) is 18.3. The van der Waals surface area contributed by atoms with E-state index >= 15 is 0 Å². The summed E-state index contributed by atoms with van der Waals surface area (Å²) >= 11 is 0. The second-order valence-electron chi connectivity index (χ2n) is 7.05. The van der Waals surface area contributed by atoms with Gasteiger partial charge in [-0.1, -0.05) is 50.2 Å². The maximum absolute atomic E-state index is 4.96. The molecule has 0 saturated heterocycles. The number of aromatic nitrogens is 2. The van der Waals surface area contributed by atoms with E-state index in [-0.39, 0.29) is 5.41 Å². The van der Waals surface area contributed by atoms with Crippen molar-refractivity contribution in [1.82, 2.24) is 20.8 Å². The standard InChI is InChI=1S/C19H29N5O/c1-6-20-18(22-13-17-23-14(2)25-24-17)21-12-11-15-7-9-16(10-8-15)19(3,4)5/h7-10H,6,11-13H2,1-5H3,(H2,20,21,22). The molecule has 0 amide bonds. The first kappa shape index (κ1) is 19.0. The Morgan fingerprint density at radius 1 is 1.16 bits per heavy atom. The van der Waals surface area contributed by atoms with Crippen LogP contribution < -0.4 is 10.6 Å². The Hall–Kier alpha value is -2.37. The van der Waals surface area contributed by atoms with Crippen LogP contribution in [0.4, 0.5) is 0 Å². The van der Waals surface area contributed by atoms with Gasteiger partial charge in [0.25, 0.3) is 0 Å². The molecule has 0 aliphatic rings. The van der Waals surface area contributed by atoms with Crippen LogP contribution in [0.15, 0.2) is 33.8 Å². The smallest absolute Gasteiger partial charge is 0.223 e. The average Bonchev–Trinajstić information content (AvgIpc) is 2.98. The number of aryl methyl sites for hydroxylation is 1. The quantitative estimate of drug-likeness (QED) is 0.623. The Kier molecular flexibility index (Phi) is 6.56. The first-order valence-corrected chi connectivity index (χ1v) is 8.79. The topological polar surface area (TPSA) is 75.3 Å². The molecule has 136 valence electrons. The maximum Gasteiger partial charge on any atom is 0.223 e. The fourth-order valence-electron chi connectivity index (χ4n) is 2.39. The minimum Gasteiger partial charge on any atom is -0.357 e. The minimum absolute atomic E-state index is 0.190. The molecule has 0 bridgehead atoms. The highest BCUT2D eigenvalue weighted by atomic mass is 16.5. The van der Waals surface area contributed by atoms with Gasteiger partial charge in [-0.2, -0.15) is 4.98 Å². The summed E-state index contributed by atoms with van der Waals surface area (Å²) in [5.41, 5.74) is 2.86. The summed E-state index contributed by atoms with van der Waals surface area (Å²) in [5, 5.41) is 10.4. The molecular formula is C19H29N5O. The van der Waals surface area contributed by atoms with Gasteiger partial charge < -0.3 is 15.2 Å². The van der Waals surface area contributed by atoms with Crippen molar-refractivity contribution >= 4 is 5.96 Å². The van der Waals surface area contributed by atoms with E-state index in [0.29, 0.717) is 18.3 Å². The van der Waals surface area contributed by atoms with Crippen LogP contribution in [0, 0.1) is 6.92 Å². The number of rotatable bonds is 6. The predicted molar refractivity (Wildman–Crippen MR) is 101 cm³/mol. The number of aliphatic imine (C=N–C) groups is 1. The number of hydrogen-bond acceptors (Lipinski definition) is 4. The largest absolute Gasteiger partial charge is 0.357 e. The summed E-state index contributed by atoms with van der Waals surface area (Å²) < 4.78 is 4.96. The summed E-state index contributed by atoms with van der Waals surface area (Å²) in [7, 11) is 0. The molecule has 0 saturated carbocycles. The lowest BCUT2D eigenvalue weighted by atomic mass is 9.86. The molecule has 2 N–H and O–H groups in total. The van der Waals surface area contributed by atoms with Crippen LogP contribution in [0.25, 0.3) is 0 Å². The number of nitrogens with zero attached hydrogens (tertiary/aromatic N) is 3. The highest BCUT2D eigenvalue weighted by Gasteiger charge is 2.12. The van der Waals surface area contributed by atoms with Gasteiger partial charge in [0, 0.05) is 20.0 Å². The Morgan fingerprint density at radius 2 is 1.88 bits per heavy atom. The molecule has 0 atom stereocenters. The maximum atomic E-state index is 4.96. The van der Waals surface area contributed by atoms with Gasteiger partial charge in [-0.15, -0.1) is 0 Å². The molecule has 0 radical (unpaired) electrons. The van der Waals surface area contributed by atoms with E-state index in [9.17, 15) is 0 Å². The van der Waals surface area contributed by atoms with Crippen LogP contribution >= 0.6 is 0 Å². The lowest BCUT2D eigenvalue weighted by Gasteiger charge is -2.19. The molecule has 2 rings (SSSR count). The summed E-state index contributed by atoms with van der Waals surface area (Å²) in [5.74, 6) is 1.91. The summed E-state index contributed by atoms with van der Waals surface area (Å²) in [6.45, 7) is 12.5. The van der Waals surface area contributed by atoms with Crippen molar-refractivity contribution in [3.05, 3.63) is 47.1 Å². The third-order valence-electron chi connectivity index (χ3n) is 3.82. The average molecular weight is 343 g/mol. The highest BCUT2D eigenvalue weighted by Crippen LogP contribution is 2.22. The molecule has 6 heteroatoms. The Labute approximate surface area is 150 Å². The normalized spacial score (nSPS) is 12.3. The Morgan fingerprint density at radius 3 is 2.44 bits per heavy atom. The van der Waals surface area contributed by atoms with Crippen LogP contribution in [0.1, 0.15) is 50.5 Å². The summed E-state index contributed by atoms with van der Waals surface area (Å²) in [4.78, 5) is 8.64. The van der Waals surface area contributed by atoms with Crippen LogP contribution in [0.5, 0.6) is 0 Å². The molecule has 6 nitrogen and oxygen atoms in total. The third kappa shape index (κ3) is 6.21. The van der Waals surface area contributed by atoms with Gasteiger partial charge in [0.1, 0.15) is 6.54 Å². The summed E-state index contributed by atoms with van der Waals surface area (Å²) in [6.07, 6.45) is 0.941. The van der Waals surface area contributed by atoms with E-state index < -0.39 is 0 Å². The van der Waals surface area contributed by atoms with E-state index in [2.05, 4.69) is 70.8 Å². The van der Waals surface area contributed by atoms with Gasteiger partial charge in [0.15, 0.2) is 11.8 Å². The van der Waals surface area contributed by atoms with Gasteiger partial charge in [0.05, 0.1) is 0 Å². The molecule has 25 heavy (non-hydrogen) atoms. The first-order chi connectivity index (χ1) is 11.9. The number of benzene rings is 1. The predicted octanol–water partition coefficient (Wildman–Crippen LogP) is 2.97. The molecular weight excluding hydrogens is 314 g/mol. The fraction of sp³-hybridized carbons (Fsp3) is 0.526. The van der Waals surface area contributed by atoms with E-state index in [1.54, 1.807) is 6.92 Å². The lowest BCUT2D eigenvalue weighted by Crippen LogP contribution is -2.38. The SMILES string of the molecule is CCNC(=NCc1noc(C)n1)NCCc1ccc(C(C)(C)C)cc1. The van der Waals surface area contributed by atoms with Crippen molar-refractivity contribution < 1.29 is 4.52 Å². The molecule has 2 aromatic rings. The first-order valence-electron chi connectivity index (χ1n) is 8.79. The van der Waals surface area contributed by atoms with Crippen molar-refractivity contribution in [2.24, 2.45) is 4.99 Å². The van der Waals surface area contributed by atoms with E-state index in [1.165, 1.54) is 11.1 Å². The van der Waals surface area contributed by atoms with Gasteiger partial charge in [0.2, 0.25) is 5.89 Å². The van der Waals surface area contributed by atoms with E-state index in [4.69, 9.17) is 4.52 Å². The van der Waals surface area contributed by atoms with Crippen LogP contribution in [-0.4, -0.2) is 29.2 Å². The zero-order valence-electron chi connectivity index (χ0n) is 15.9. The van der Waals surface area contributed by atoms with Crippen LogP contribution in [0.3, 0.4) is 0 Å². The number of hydrogen-bond donors (Lipinski definition) is 2. The molecule has 1 heterocycles. The Balaban J connectivity index is 1.86. The molecule has 1 aromatic carbocycles. The number of nitrogens with one attached hydrogen (secondary N) is 2. The van der Waals surface area contributed by atoms with Crippen molar-refractivity contribution in [3.8, 4) is 0 Å². The lowest BCUT2D eigenvalue weighted by molar-refractivity contribution is 0.387. The van der Waals surface area contributed by atoms with E-state index in [0.717, 1.165) is 25.5 Å². The highest BCUT2D eigenvalue weighted by molar-refractivity contribution is 5.79. The molecule has 0 unspecified atom stereocenters. The van der Waals surface area contributed by atoms with Gasteiger partial charge in [-0.3, -0.25) is 0 Å². The Bertz CT molecular complexity index is 683. The van der Waals surface area contributed by atoms with E-state index in [1.807, 2.05) is 6.92 Å². The van der Waals surface area contributed by atoms with Crippen molar-refractivity contribution in [2.75, 3.05) is 13.1 Å². The molecule has 0 fully saturated rings. The molecule has 0 aliphatic carbocycles. The van der Waals surface area contributed by atoms with Crippen molar-refractivity contribution in [2.45, 2.75) is 53.0 Å². The molecule has 1 aromatic heterocycles. The van der Waals surface area contributed by atoms with Gasteiger partial charge >= 0.3 is 0 Å². The van der Waals surface area contributed by atoms with Gasteiger partial charge in [-0.05, 0) is 29.9 Å². The van der Waals surface area contributed by atoms with Crippen molar-refractivity contribution in [1.29, 1.82) is 0 Å². The summed E-state index contributed by atoms with van der Waals surface area (Å²) in [6, 6.07) is 8.84. The van der Waals surface area contributed by atoms with Crippen molar-refractivity contribution in [3.63, 3.8) is 0 Å². The van der Waals surface area contributed by atoms with Gasteiger partial charge in [-0.25, -0.2) is 4.99 Å². The fourth-order valence-corrected chi connectivity index (χ4v) is 2.39. The second-order valence-corrected chi connectivity index (χ2v) is 7.05. The van der Waals surface area contributed by atoms with Crippen LogP contribution in [-0.2, 0) is 18.4 Å².